The van der Waals surface area contributed by atoms with Gasteiger partial charge in [-0.2, -0.15) is 0 Å². The smallest absolute Gasteiger partial charge is 0.230 e. The Hall–Kier alpha value is -1.42. The second-order valence-corrected chi connectivity index (χ2v) is 5.36. The molecule has 0 spiro atoms. The molecular formula is C15H21FN2O. The van der Waals surface area contributed by atoms with Crippen molar-refractivity contribution in [2.45, 2.75) is 33.1 Å². The highest BCUT2D eigenvalue weighted by molar-refractivity contribution is 5.95. The van der Waals surface area contributed by atoms with Crippen LogP contribution >= 0.6 is 0 Å². The van der Waals surface area contributed by atoms with E-state index in [1.807, 2.05) is 13.8 Å². The average molecular weight is 264 g/mol. The molecular weight excluding hydrogens is 243 g/mol. The number of carbonyl (C=O) groups excluding carboxylic acids is 1. The molecule has 0 saturated carbocycles. The first-order valence-electron chi connectivity index (χ1n) is 6.85. The number of aryl methyl sites for hydroxylation is 1. The molecule has 1 fully saturated rings. The van der Waals surface area contributed by atoms with Gasteiger partial charge < -0.3 is 10.6 Å². The molecule has 1 aromatic carbocycles. The number of carbonyl (C=O) groups is 1. The van der Waals surface area contributed by atoms with Crippen molar-refractivity contribution < 1.29 is 9.18 Å². The standard InChI is InChI=1S/C15H21FN2O/c1-3-15(4-6-17-7-5-15)14(19)18-13-9-11(2)8-12(16)10-13/h8-10,17H,3-7H2,1-2H3,(H,18,19). The predicted octanol–water partition coefficient (Wildman–Crippen LogP) is 2.85. The van der Waals surface area contributed by atoms with Crippen molar-refractivity contribution in [3.63, 3.8) is 0 Å². The lowest BCUT2D eigenvalue weighted by molar-refractivity contribution is -0.127. The van der Waals surface area contributed by atoms with E-state index in [1.54, 1.807) is 6.07 Å². The lowest BCUT2D eigenvalue weighted by Gasteiger charge is -2.35. The minimum Gasteiger partial charge on any atom is -0.325 e. The van der Waals surface area contributed by atoms with Crippen molar-refractivity contribution in [1.82, 2.24) is 5.32 Å². The summed E-state index contributed by atoms with van der Waals surface area (Å²) in [7, 11) is 0. The van der Waals surface area contributed by atoms with Crippen LogP contribution in [0.1, 0.15) is 31.7 Å². The van der Waals surface area contributed by atoms with Gasteiger partial charge in [0.1, 0.15) is 5.82 Å². The molecule has 1 aliphatic rings. The minimum atomic E-state index is -0.314. The van der Waals surface area contributed by atoms with E-state index in [9.17, 15) is 9.18 Å². The van der Waals surface area contributed by atoms with E-state index < -0.39 is 0 Å². The van der Waals surface area contributed by atoms with Crippen LogP contribution in [-0.4, -0.2) is 19.0 Å². The number of hydrogen-bond acceptors (Lipinski definition) is 2. The number of amides is 1. The van der Waals surface area contributed by atoms with Crippen LogP contribution in [0.4, 0.5) is 10.1 Å². The highest BCUT2D eigenvalue weighted by Crippen LogP contribution is 2.34. The van der Waals surface area contributed by atoms with Crippen molar-refractivity contribution in [3.05, 3.63) is 29.6 Å². The summed E-state index contributed by atoms with van der Waals surface area (Å²) in [6, 6.07) is 4.62. The summed E-state index contributed by atoms with van der Waals surface area (Å²) in [5, 5.41) is 6.15. The Balaban J connectivity index is 2.14. The summed E-state index contributed by atoms with van der Waals surface area (Å²) in [4.78, 5) is 12.5. The van der Waals surface area contributed by atoms with Gasteiger partial charge in [-0.3, -0.25) is 4.79 Å². The van der Waals surface area contributed by atoms with E-state index in [1.165, 1.54) is 12.1 Å². The molecule has 0 unspecified atom stereocenters. The molecule has 104 valence electrons. The SMILES string of the molecule is CCC1(C(=O)Nc2cc(C)cc(F)c2)CCNCC1. The van der Waals surface area contributed by atoms with Crippen LogP contribution in [0.3, 0.4) is 0 Å². The summed E-state index contributed by atoms with van der Waals surface area (Å²) < 4.78 is 13.3. The maximum absolute atomic E-state index is 13.3. The summed E-state index contributed by atoms with van der Waals surface area (Å²) in [6.07, 6.45) is 2.49. The van der Waals surface area contributed by atoms with E-state index >= 15 is 0 Å². The van der Waals surface area contributed by atoms with Gasteiger partial charge in [-0.05, 0) is 63.0 Å². The van der Waals surface area contributed by atoms with Crippen LogP contribution in [0.25, 0.3) is 0 Å². The molecule has 19 heavy (non-hydrogen) atoms. The third kappa shape index (κ3) is 3.13. The second kappa shape index (κ2) is 5.70. The Morgan fingerprint density at radius 2 is 2.05 bits per heavy atom. The maximum atomic E-state index is 13.3. The first-order valence-corrected chi connectivity index (χ1v) is 6.85. The van der Waals surface area contributed by atoms with Crippen LogP contribution in [0.15, 0.2) is 18.2 Å². The highest BCUT2D eigenvalue weighted by atomic mass is 19.1. The Morgan fingerprint density at radius 1 is 1.37 bits per heavy atom. The summed E-state index contributed by atoms with van der Waals surface area (Å²) in [5.41, 5.74) is 1.05. The molecule has 3 nitrogen and oxygen atoms in total. The van der Waals surface area contributed by atoms with Crippen LogP contribution in [0, 0.1) is 18.2 Å². The fourth-order valence-electron chi connectivity index (χ4n) is 2.72. The minimum absolute atomic E-state index is 0.0153. The number of hydrogen-bond donors (Lipinski definition) is 2. The van der Waals surface area contributed by atoms with Gasteiger partial charge in [0.05, 0.1) is 5.41 Å². The van der Waals surface area contributed by atoms with Crippen molar-refractivity contribution in [3.8, 4) is 0 Å². The quantitative estimate of drug-likeness (QED) is 0.881. The molecule has 1 saturated heterocycles. The summed E-state index contributed by atoms with van der Waals surface area (Å²) in [5.74, 6) is -0.298. The maximum Gasteiger partial charge on any atom is 0.230 e. The van der Waals surface area contributed by atoms with E-state index in [4.69, 9.17) is 0 Å². The zero-order chi connectivity index (χ0) is 13.9. The van der Waals surface area contributed by atoms with Crippen LogP contribution < -0.4 is 10.6 Å². The molecule has 4 heteroatoms. The predicted molar refractivity (Wildman–Crippen MR) is 74.6 cm³/mol. The molecule has 0 radical (unpaired) electrons. The fourth-order valence-corrected chi connectivity index (χ4v) is 2.72. The zero-order valence-electron chi connectivity index (χ0n) is 11.6. The van der Waals surface area contributed by atoms with Gasteiger partial charge >= 0.3 is 0 Å². The first-order chi connectivity index (χ1) is 9.05. The topological polar surface area (TPSA) is 41.1 Å². The summed E-state index contributed by atoms with van der Waals surface area (Å²) >= 11 is 0. The zero-order valence-corrected chi connectivity index (χ0v) is 11.6. The number of halogens is 1. The molecule has 1 aromatic rings. The van der Waals surface area contributed by atoms with E-state index in [2.05, 4.69) is 10.6 Å². The molecule has 0 aliphatic carbocycles. The van der Waals surface area contributed by atoms with Gasteiger partial charge in [0.25, 0.3) is 0 Å². The molecule has 0 atom stereocenters. The highest BCUT2D eigenvalue weighted by Gasteiger charge is 2.37. The Kier molecular flexibility index (Phi) is 4.20. The van der Waals surface area contributed by atoms with Gasteiger partial charge in [-0.1, -0.05) is 6.92 Å². The van der Waals surface area contributed by atoms with Gasteiger partial charge in [-0.25, -0.2) is 4.39 Å². The van der Waals surface area contributed by atoms with Crippen LogP contribution in [0.5, 0.6) is 0 Å². The molecule has 2 N–H and O–H groups in total. The van der Waals surface area contributed by atoms with Gasteiger partial charge in [0.2, 0.25) is 5.91 Å². The Morgan fingerprint density at radius 3 is 2.63 bits per heavy atom. The van der Waals surface area contributed by atoms with E-state index in [-0.39, 0.29) is 17.1 Å². The summed E-state index contributed by atoms with van der Waals surface area (Å²) in [6.45, 7) is 5.59. The number of rotatable bonds is 3. The third-order valence-corrected chi connectivity index (χ3v) is 4.02. The largest absolute Gasteiger partial charge is 0.325 e. The van der Waals surface area contributed by atoms with Gasteiger partial charge in [0, 0.05) is 5.69 Å². The van der Waals surface area contributed by atoms with E-state index in [0.717, 1.165) is 37.9 Å². The average Bonchev–Trinajstić information content (AvgIpc) is 2.38. The molecule has 0 aromatic heterocycles. The Labute approximate surface area is 113 Å². The lowest BCUT2D eigenvalue weighted by atomic mass is 9.76. The normalized spacial score (nSPS) is 18.1. The Bertz CT molecular complexity index is 447. The van der Waals surface area contributed by atoms with Gasteiger partial charge in [0.15, 0.2) is 0 Å². The van der Waals surface area contributed by atoms with Crippen LogP contribution in [-0.2, 0) is 4.79 Å². The number of anilines is 1. The number of benzene rings is 1. The monoisotopic (exact) mass is 264 g/mol. The number of nitrogens with one attached hydrogen (secondary N) is 2. The first kappa shape index (κ1) is 14.0. The molecule has 1 aliphatic heterocycles. The molecule has 0 bridgehead atoms. The van der Waals surface area contributed by atoms with Crippen molar-refractivity contribution in [2.24, 2.45) is 5.41 Å². The number of piperidine rings is 1. The lowest BCUT2D eigenvalue weighted by Crippen LogP contribution is -2.44. The van der Waals surface area contributed by atoms with Gasteiger partial charge in [-0.15, -0.1) is 0 Å². The van der Waals surface area contributed by atoms with E-state index in [0.29, 0.717) is 5.69 Å². The van der Waals surface area contributed by atoms with Crippen LogP contribution in [0.2, 0.25) is 0 Å². The fraction of sp³-hybridized carbons (Fsp3) is 0.533. The van der Waals surface area contributed by atoms with Crippen molar-refractivity contribution in [2.75, 3.05) is 18.4 Å². The third-order valence-electron chi connectivity index (χ3n) is 4.02. The molecule has 2 rings (SSSR count). The molecule has 1 heterocycles. The second-order valence-electron chi connectivity index (χ2n) is 5.36. The van der Waals surface area contributed by atoms with Crippen molar-refractivity contribution in [1.29, 1.82) is 0 Å². The van der Waals surface area contributed by atoms with Crippen molar-refractivity contribution >= 4 is 11.6 Å². The molecule has 1 amide bonds.